The van der Waals surface area contributed by atoms with Crippen LogP contribution in [0.3, 0.4) is 0 Å². The zero-order valence-electron chi connectivity index (χ0n) is 12.1. The minimum Gasteiger partial charge on any atom is -0.307 e. The van der Waals surface area contributed by atoms with E-state index in [4.69, 9.17) is 0 Å². The minimum absolute atomic E-state index is 0.170. The summed E-state index contributed by atoms with van der Waals surface area (Å²) in [6, 6.07) is 13.7. The first-order chi connectivity index (χ1) is 11.2. The topological polar surface area (TPSA) is 46.9 Å². The van der Waals surface area contributed by atoms with Crippen molar-refractivity contribution in [2.24, 2.45) is 0 Å². The standard InChI is InChI=1S/C17H14BrN3OS/c18-14-5-3-13(4-6-14)12-21-16(9-10-19-21)20-17(22)8-7-15-2-1-11-23-15/h1-11H,12H2,(H,20,22)/b8-7+. The van der Waals surface area contributed by atoms with Crippen molar-refractivity contribution in [3.8, 4) is 0 Å². The van der Waals surface area contributed by atoms with Gasteiger partial charge >= 0.3 is 0 Å². The summed E-state index contributed by atoms with van der Waals surface area (Å²) in [5.41, 5.74) is 1.11. The van der Waals surface area contributed by atoms with Crippen LogP contribution in [0.2, 0.25) is 0 Å². The lowest BCUT2D eigenvalue weighted by molar-refractivity contribution is -0.111. The van der Waals surface area contributed by atoms with Crippen LogP contribution in [0.25, 0.3) is 6.08 Å². The van der Waals surface area contributed by atoms with E-state index in [1.807, 2.05) is 41.8 Å². The van der Waals surface area contributed by atoms with Crippen LogP contribution in [0, 0.1) is 0 Å². The van der Waals surface area contributed by atoms with Crippen molar-refractivity contribution in [3.05, 3.63) is 75.0 Å². The van der Waals surface area contributed by atoms with Gasteiger partial charge < -0.3 is 5.32 Å². The first-order valence-electron chi connectivity index (χ1n) is 6.99. The summed E-state index contributed by atoms with van der Waals surface area (Å²) < 4.78 is 2.80. The van der Waals surface area contributed by atoms with Crippen LogP contribution in [-0.2, 0) is 11.3 Å². The van der Waals surface area contributed by atoms with Gasteiger partial charge in [-0.3, -0.25) is 4.79 Å². The van der Waals surface area contributed by atoms with E-state index in [2.05, 4.69) is 26.3 Å². The largest absolute Gasteiger partial charge is 0.307 e. The number of amides is 1. The highest BCUT2D eigenvalue weighted by Gasteiger charge is 2.06. The molecule has 0 atom stereocenters. The summed E-state index contributed by atoms with van der Waals surface area (Å²) in [6.45, 7) is 0.602. The monoisotopic (exact) mass is 387 g/mol. The molecule has 1 N–H and O–H groups in total. The van der Waals surface area contributed by atoms with Crippen molar-refractivity contribution in [2.45, 2.75) is 6.54 Å². The van der Waals surface area contributed by atoms with Crippen molar-refractivity contribution in [1.29, 1.82) is 0 Å². The van der Waals surface area contributed by atoms with Gasteiger partial charge in [-0.15, -0.1) is 11.3 Å². The maximum atomic E-state index is 12.0. The molecule has 0 saturated carbocycles. The minimum atomic E-state index is -0.170. The average molecular weight is 388 g/mol. The lowest BCUT2D eigenvalue weighted by atomic mass is 10.2. The molecule has 0 radical (unpaired) electrons. The third-order valence-electron chi connectivity index (χ3n) is 3.16. The average Bonchev–Trinajstić information content (AvgIpc) is 3.20. The summed E-state index contributed by atoms with van der Waals surface area (Å²) in [5.74, 6) is 0.504. The Morgan fingerprint density at radius 3 is 2.83 bits per heavy atom. The molecule has 2 aromatic heterocycles. The van der Waals surface area contributed by atoms with Gasteiger partial charge in [0, 0.05) is 21.5 Å². The lowest BCUT2D eigenvalue weighted by Crippen LogP contribution is -2.13. The second-order valence-electron chi connectivity index (χ2n) is 4.84. The van der Waals surface area contributed by atoms with Gasteiger partial charge in [0.15, 0.2) is 0 Å². The summed E-state index contributed by atoms with van der Waals surface area (Å²) in [7, 11) is 0. The van der Waals surface area contributed by atoms with Gasteiger partial charge in [0.1, 0.15) is 5.82 Å². The van der Waals surface area contributed by atoms with Gasteiger partial charge in [-0.05, 0) is 35.2 Å². The predicted molar refractivity (Wildman–Crippen MR) is 97.5 cm³/mol. The summed E-state index contributed by atoms with van der Waals surface area (Å²) in [6.07, 6.45) is 5.01. The van der Waals surface area contributed by atoms with Crippen molar-refractivity contribution in [2.75, 3.05) is 5.32 Å². The number of nitrogens with one attached hydrogen (secondary N) is 1. The number of nitrogens with zero attached hydrogens (tertiary/aromatic N) is 2. The van der Waals surface area contributed by atoms with E-state index in [9.17, 15) is 4.79 Å². The molecule has 0 aliphatic rings. The molecule has 2 heterocycles. The summed E-state index contributed by atoms with van der Waals surface area (Å²) in [4.78, 5) is 13.1. The van der Waals surface area contributed by atoms with Crippen LogP contribution in [0.1, 0.15) is 10.4 Å². The molecule has 4 nitrogen and oxygen atoms in total. The Morgan fingerprint density at radius 1 is 1.26 bits per heavy atom. The molecule has 116 valence electrons. The molecule has 0 bridgehead atoms. The Balaban J connectivity index is 1.66. The molecule has 0 fully saturated rings. The number of carbonyl (C=O) groups excluding carboxylic acids is 1. The van der Waals surface area contributed by atoms with Crippen LogP contribution in [-0.4, -0.2) is 15.7 Å². The van der Waals surface area contributed by atoms with E-state index >= 15 is 0 Å². The predicted octanol–water partition coefficient (Wildman–Crippen LogP) is 4.41. The maximum Gasteiger partial charge on any atom is 0.249 e. The Bertz CT molecular complexity index is 807. The number of hydrogen-bond acceptors (Lipinski definition) is 3. The van der Waals surface area contributed by atoms with Crippen molar-refractivity contribution in [1.82, 2.24) is 9.78 Å². The zero-order chi connectivity index (χ0) is 16.1. The number of aromatic nitrogens is 2. The SMILES string of the molecule is O=C(/C=C/c1cccs1)Nc1ccnn1Cc1ccc(Br)cc1. The van der Waals surface area contributed by atoms with Crippen LogP contribution >= 0.6 is 27.3 Å². The fraction of sp³-hybridized carbons (Fsp3) is 0.0588. The van der Waals surface area contributed by atoms with Crippen LogP contribution in [0.5, 0.6) is 0 Å². The van der Waals surface area contributed by atoms with Gasteiger partial charge in [-0.2, -0.15) is 5.10 Å². The molecule has 0 unspecified atom stereocenters. The Hall–Kier alpha value is -2.18. The normalized spacial score (nSPS) is 11.0. The lowest BCUT2D eigenvalue weighted by Gasteiger charge is -2.08. The second-order valence-corrected chi connectivity index (χ2v) is 6.73. The Kier molecular flexibility index (Phi) is 5.05. The van der Waals surface area contributed by atoms with E-state index in [1.54, 1.807) is 34.4 Å². The molecule has 0 spiro atoms. The molecule has 1 amide bonds. The van der Waals surface area contributed by atoms with E-state index in [-0.39, 0.29) is 5.91 Å². The molecule has 0 saturated heterocycles. The zero-order valence-corrected chi connectivity index (χ0v) is 14.5. The fourth-order valence-corrected chi connectivity index (χ4v) is 2.92. The van der Waals surface area contributed by atoms with Gasteiger partial charge in [0.05, 0.1) is 12.7 Å². The van der Waals surface area contributed by atoms with Gasteiger partial charge in [0.25, 0.3) is 0 Å². The van der Waals surface area contributed by atoms with E-state index < -0.39 is 0 Å². The third-order valence-corrected chi connectivity index (χ3v) is 4.52. The number of hydrogen-bond donors (Lipinski definition) is 1. The van der Waals surface area contributed by atoms with E-state index in [0.717, 1.165) is 14.9 Å². The summed E-state index contributed by atoms with van der Waals surface area (Å²) >= 11 is 5.01. The molecular formula is C17H14BrN3OS. The van der Waals surface area contributed by atoms with Crippen LogP contribution in [0.15, 0.2) is 64.6 Å². The molecule has 0 aliphatic carbocycles. The first-order valence-corrected chi connectivity index (χ1v) is 8.67. The molecule has 3 aromatic rings. The number of thiophene rings is 1. The third kappa shape index (κ3) is 4.40. The Labute approximate surface area is 146 Å². The van der Waals surface area contributed by atoms with Gasteiger partial charge in [-0.1, -0.05) is 34.1 Å². The Morgan fingerprint density at radius 2 is 2.09 bits per heavy atom. The van der Waals surface area contributed by atoms with Crippen molar-refractivity contribution < 1.29 is 4.79 Å². The number of anilines is 1. The molecule has 3 rings (SSSR count). The highest BCUT2D eigenvalue weighted by atomic mass is 79.9. The molecule has 6 heteroatoms. The summed E-state index contributed by atoms with van der Waals surface area (Å²) in [5, 5.41) is 9.10. The molecule has 0 aliphatic heterocycles. The maximum absolute atomic E-state index is 12.0. The first kappa shape index (κ1) is 15.7. The molecule has 1 aromatic carbocycles. The van der Waals surface area contributed by atoms with Crippen LogP contribution in [0.4, 0.5) is 5.82 Å². The van der Waals surface area contributed by atoms with Crippen LogP contribution < -0.4 is 5.32 Å². The smallest absolute Gasteiger partial charge is 0.249 e. The molecule has 23 heavy (non-hydrogen) atoms. The highest BCUT2D eigenvalue weighted by Crippen LogP contribution is 2.14. The van der Waals surface area contributed by atoms with E-state index in [1.165, 1.54) is 6.08 Å². The van der Waals surface area contributed by atoms with Crippen molar-refractivity contribution in [3.63, 3.8) is 0 Å². The van der Waals surface area contributed by atoms with Gasteiger partial charge in [-0.25, -0.2) is 4.68 Å². The second kappa shape index (κ2) is 7.39. The number of benzene rings is 1. The van der Waals surface area contributed by atoms with Gasteiger partial charge in [0.2, 0.25) is 5.91 Å². The van der Waals surface area contributed by atoms with Crippen molar-refractivity contribution >= 4 is 45.1 Å². The molecular weight excluding hydrogens is 374 g/mol. The fourth-order valence-electron chi connectivity index (χ4n) is 2.04. The number of rotatable bonds is 5. The number of halogens is 1. The highest BCUT2D eigenvalue weighted by molar-refractivity contribution is 9.10. The number of carbonyl (C=O) groups is 1. The van der Waals surface area contributed by atoms with E-state index in [0.29, 0.717) is 12.4 Å². The quantitative estimate of drug-likeness (QED) is 0.659.